The number of anilines is 1. The van der Waals surface area contributed by atoms with E-state index in [1.165, 1.54) is 7.11 Å². The second-order valence-electron chi connectivity index (χ2n) is 4.24. The van der Waals surface area contributed by atoms with Crippen molar-refractivity contribution in [3.63, 3.8) is 0 Å². The zero-order valence-electron chi connectivity index (χ0n) is 11.2. The van der Waals surface area contributed by atoms with E-state index in [0.29, 0.717) is 0 Å². The van der Waals surface area contributed by atoms with Crippen molar-refractivity contribution in [2.75, 3.05) is 12.8 Å². The zero-order chi connectivity index (χ0) is 13.5. The summed E-state index contributed by atoms with van der Waals surface area (Å²) in [5, 5.41) is -0.143. The highest BCUT2D eigenvalue weighted by molar-refractivity contribution is 8.00. The van der Waals surface area contributed by atoms with Gasteiger partial charge in [-0.3, -0.25) is 4.79 Å². The molecule has 0 spiro atoms. The van der Waals surface area contributed by atoms with E-state index < -0.39 is 0 Å². The fraction of sp³-hybridized carbons (Fsp3) is 0.500. The summed E-state index contributed by atoms with van der Waals surface area (Å²) in [6, 6.07) is 5.79. The van der Waals surface area contributed by atoms with Crippen LogP contribution in [-0.2, 0) is 9.53 Å². The van der Waals surface area contributed by atoms with E-state index in [0.717, 1.165) is 35.4 Å². The molecule has 100 valence electrons. The highest BCUT2D eigenvalue weighted by atomic mass is 32.2. The molecule has 0 fully saturated rings. The minimum atomic E-state index is -0.157. The molecule has 0 saturated heterocycles. The van der Waals surface area contributed by atoms with Crippen LogP contribution in [0.4, 0.5) is 5.69 Å². The third-order valence-electron chi connectivity index (χ3n) is 2.88. The summed E-state index contributed by atoms with van der Waals surface area (Å²) in [7, 11) is 1.44. The Kier molecular flexibility index (Phi) is 6.05. The van der Waals surface area contributed by atoms with Gasteiger partial charge in [0.1, 0.15) is 5.25 Å². The normalized spacial score (nSPS) is 12.2. The van der Waals surface area contributed by atoms with E-state index in [1.807, 2.05) is 25.1 Å². The van der Waals surface area contributed by atoms with Crippen molar-refractivity contribution >= 4 is 23.4 Å². The van der Waals surface area contributed by atoms with Crippen LogP contribution in [-0.4, -0.2) is 18.3 Å². The molecule has 0 aliphatic carbocycles. The second kappa shape index (κ2) is 7.31. The number of methoxy groups -OCH3 is 1. The van der Waals surface area contributed by atoms with Crippen LogP contribution in [0.1, 0.15) is 31.7 Å². The fourth-order valence-corrected chi connectivity index (χ4v) is 2.89. The Morgan fingerprint density at radius 3 is 2.83 bits per heavy atom. The first-order valence-corrected chi connectivity index (χ1v) is 7.07. The summed E-state index contributed by atoms with van der Waals surface area (Å²) in [6.07, 6.45) is 2.93. The summed E-state index contributed by atoms with van der Waals surface area (Å²) in [5.41, 5.74) is 7.67. The number of nitrogen functional groups attached to an aromatic ring is 1. The van der Waals surface area contributed by atoms with Gasteiger partial charge in [0.25, 0.3) is 0 Å². The number of rotatable bonds is 6. The van der Waals surface area contributed by atoms with Gasteiger partial charge in [-0.25, -0.2) is 0 Å². The van der Waals surface area contributed by atoms with Crippen molar-refractivity contribution in [1.82, 2.24) is 0 Å². The third-order valence-corrected chi connectivity index (χ3v) is 4.29. The van der Waals surface area contributed by atoms with Gasteiger partial charge in [0.05, 0.1) is 7.11 Å². The maximum atomic E-state index is 11.7. The van der Waals surface area contributed by atoms with Gasteiger partial charge in [0.2, 0.25) is 0 Å². The SMILES string of the molecule is CCCCC(Sc1cccc(N)c1C)C(=O)OC. The first-order valence-electron chi connectivity index (χ1n) is 6.19. The van der Waals surface area contributed by atoms with Crippen molar-refractivity contribution in [3.8, 4) is 0 Å². The predicted octanol–water partition coefficient (Wildman–Crippen LogP) is 3.40. The molecular weight excluding hydrogens is 246 g/mol. The molecule has 18 heavy (non-hydrogen) atoms. The van der Waals surface area contributed by atoms with Crippen LogP contribution >= 0.6 is 11.8 Å². The van der Waals surface area contributed by atoms with Gasteiger partial charge < -0.3 is 10.5 Å². The van der Waals surface area contributed by atoms with Crippen LogP contribution in [0.15, 0.2) is 23.1 Å². The van der Waals surface area contributed by atoms with E-state index in [4.69, 9.17) is 10.5 Å². The lowest BCUT2D eigenvalue weighted by Gasteiger charge is -2.15. The number of hydrogen-bond acceptors (Lipinski definition) is 4. The zero-order valence-corrected chi connectivity index (χ0v) is 12.0. The predicted molar refractivity (Wildman–Crippen MR) is 76.8 cm³/mol. The topological polar surface area (TPSA) is 52.3 Å². The Morgan fingerprint density at radius 2 is 2.22 bits per heavy atom. The molecule has 1 aromatic carbocycles. The van der Waals surface area contributed by atoms with E-state index in [9.17, 15) is 4.79 Å². The number of nitrogens with two attached hydrogens (primary N) is 1. The molecule has 0 heterocycles. The van der Waals surface area contributed by atoms with Crippen LogP contribution in [0, 0.1) is 6.92 Å². The Bertz CT molecular complexity index is 407. The average molecular weight is 267 g/mol. The maximum Gasteiger partial charge on any atom is 0.319 e. The number of esters is 1. The molecule has 4 heteroatoms. The smallest absolute Gasteiger partial charge is 0.319 e. The number of hydrogen-bond donors (Lipinski definition) is 1. The van der Waals surface area contributed by atoms with E-state index in [2.05, 4.69) is 6.92 Å². The molecule has 0 saturated carbocycles. The molecule has 1 atom stereocenters. The molecular formula is C14H21NO2S. The minimum absolute atomic E-state index is 0.143. The van der Waals surface area contributed by atoms with Crippen molar-refractivity contribution < 1.29 is 9.53 Å². The largest absolute Gasteiger partial charge is 0.468 e. The molecule has 0 aliphatic rings. The Morgan fingerprint density at radius 1 is 1.50 bits per heavy atom. The first kappa shape index (κ1) is 14.9. The number of ether oxygens (including phenoxy) is 1. The maximum absolute atomic E-state index is 11.7. The average Bonchev–Trinajstić information content (AvgIpc) is 2.38. The summed E-state index contributed by atoms with van der Waals surface area (Å²) in [4.78, 5) is 12.8. The van der Waals surface area contributed by atoms with Gasteiger partial charge in [-0.2, -0.15) is 0 Å². The third kappa shape index (κ3) is 3.95. The second-order valence-corrected chi connectivity index (χ2v) is 5.49. The van der Waals surface area contributed by atoms with Crippen LogP contribution in [0.25, 0.3) is 0 Å². The molecule has 1 rings (SSSR count). The van der Waals surface area contributed by atoms with Gasteiger partial charge in [-0.15, -0.1) is 11.8 Å². The lowest BCUT2D eigenvalue weighted by molar-refractivity contribution is -0.140. The molecule has 0 radical (unpaired) electrons. The van der Waals surface area contributed by atoms with E-state index >= 15 is 0 Å². The molecule has 3 nitrogen and oxygen atoms in total. The van der Waals surface area contributed by atoms with Crippen molar-refractivity contribution in [2.45, 2.75) is 43.3 Å². The molecule has 2 N–H and O–H groups in total. The van der Waals surface area contributed by atoms with Crippen LogP contribution in [0.5, 0.6) is 0 Å². The minimum Gasteiger partial charge on any atom is -0.468 e. The number of carbonyl (C=O) groups is 1. The number of thioether (sulfide) groups is 1. The van der Waals surface area contributed by atoms with Gasteiger partial charge in [0, 0.05) is 10.6 Å². The highest BCUT2D eigenvalue weighted by Gasteiger charge is 2.20. The van der Waals surface area contributed by atoms with Gasteiger partial charge in [-0.05, 0) is 31.0 Å². The molecule has 0 amide bonds. The molecule has 0 bridgehead atoms. The lowest BCUT2D eigenvalue weighted by atomic mass is 10.2. The van der Waals surface area contributed by atoms with Crippen molar-refractivity contribution in [1.29, 1.82) is 0 Å². The summed E-state index contributed by atoms with van der Waals surface area (Å²) in [5.74, 6) is -0.157. The van der Waals surface area contributed by atoms with Crippen molar-refractivity contribution in [2.24, 2.45) is 0 Å². The van der Waals surface area contributed by atoms with Gasteiger partial charge in [0.15, 0.2) is 0 Å². The Labute approximate surface area is 113 Å². The summed E-state index contributed by atoms with van der Waals surface area (Å²) < 4.78 is 4.86. The Hall–Kier alpha value is -1.16. The van der Waals surface area contributed by atoms with Gasteiger partial charge in [-0.1, -0.05) is 25.8 Å². The fourth-order valence-electron chi connectivity index (χ4n) is 1.66. The quantitative estimate of drug-likeness (QED) is 0.487. The molecule has 1 unspecified atom stereocenters. The monoisotopic (exact) mass is 267 g/mol. The summed E-state index contributed by atoms with van der Waals surface area (Å²) in [6.45, 7) is 4.09. The van der Waals surface area contributed by atoms with E-state index in [-0.39, 0.29) is 11.2 Å². The standard InChI is InChI=1S/C14H21NO2S/c1-4-5-8-13(14(16)17-3)18-12-9-6-7-11(15)10(12)2/h6-7,9,13H,4-5,8,15H2,1-3H3. The van der Waals surface area contributed by atoms with Crippen LogP contribution < -0.4 is 5.73 Å². The Balaban J connectivity index is 2.81. The number of unbranched alkanes of at least 4 members (excludes halogenated alkanes) is 1. The van der Waals surface area contributed by atoms with Crippen LogP contribution in [0.2, 0.25) is 0 Å². The highest BCUT2D eigenvalue weighted by Crippen LogP contribution is 2.32. The molecule has 1 aromatic rings. The van der Waals surface area contributed by atoms with Gasteiger partial charge >= 0.3 is 5.97 Å². The number of benzene rings is 1. The first-order chi connectivity index (χ1) is 8.60. The lowest BCUT2D eigenvalue weighted by Crippen LogP contribution is -2.18. The summed E-state index contributed by atoms with van der Waals surface area (Å²) >= 11 is 1.55. The van der Waals surface area contributed by atoms with Crippen LogP contribution in [0.3, 0.4) is 0 Å². The van der Waals surface area contributed by atoms with E-state index in [1.54, 1.807) is 11.8 Å². The molecule has 0 aromatic heterocycles. The molecule has 0 aliphatic heterocycles. The number of carbonyl (C=O) groups excluding carboxylic acids is 1. The van der Waals surface area contributed by atoms with Crippen molar-refractivity contribution in [3.05, 3.63) is 23.8 Å².